The Bertz CT molecular complexity index is 211. The Balaban J connectivity index is 2.35. The highest BCUT2D eigenvalue weighted by Gasteiger charge is 2.14. The molecule has 13 heavy (non-hydrogen) atoms. The van der Waals surface area contributed by atoms with Gasteiger partial charge in [-0.05, 0) is 19.9 Å². The number of rotatable bonds is 3. The quantitative estimate of drug-likeness (QED) is 0.654. The van der Waals surface area contributed by atoms with Crippen LogP contribution < -0.4 is 5.32 Å². The summed E-state index contributed by atoms with van der Waals surface area (Å²) < 4.78 is 0. The maximum Gasteiger partial charge on any atom is 0.236 e. The lowest BCUT2D eigenvalue weighted by Gasteiger charge is -2.26. The van der Waals surface area contributed by atoms with E-state index in [4.69, 9.17) is 0 Å². The average molecular weight is 182 g/mol. The molecule has 1 rings (SSSR count). The van der Waals surface area contributed by atoms with E-state index in [1.807, 2.05) is 11.8 Å². The normalized spacial score (nSPS) is 17.1. The summed E-state index contributed by atoms with van der Waals surface area (Å²) >= 11 is 0. The van der Waals surface area contributed by atoms with E-state index in [-0.39, 0.29) is 5.91 Å². The number of carbonyl (C=O) groups is 1. The van der Waals surface area contributed by atoms with Crippen LogP contribution in [-0.4, -0.2) is 37.0 Å². The van der Waals surface area contributed by atoms with Gasteiger partial charge in [0.1, 0.15) is 0 Å². The fourth-order valence-electron chi connectivity index (χ4n) is 1.47. The molecule has 0 bridgehead atoms. The van der Waals surface area contributed by atoms with Crippen molar-refractivity contribution in [1.82, 2.24) is 10.2 Å². The summed E-state index contributed by atoms with van der Waals surface area (Å²) in [4.78, 5) is 13.5. The van der Waals surface area contributed by atoms with E-state index in [1.165, 1.54) is 5.57 Å². The first-order chi connectivity index (χ1) is 6.24. The highest BCUT2D eigenvalue weighted by Crippen LogP contribution is 2.08. The van der Waals surface area contributed by atoms with Crippen molar-refractivity contribution in [2.24, 2.45) is 0 Å². The van der Waals surface area contributed by atoms with Crippen LogP contribution in [0.15, 0.2) is 11.6 Å². The molecule has 0 aromatic heterocycles. The Morgan fingerprint density at radius 3 is 3.08 bits per heavy atom. The first-order valence-electron chi connectivity index (χ1n) is 4.88. The van der Waals surface area contributed by atoms with Crippen LogP contribution in [0.25, 0.3) is 0 Å². The highest BCUT2D eigenvalue weighted by atomic mass is 16.2. The van der Waals surface area contributed by atoms with E-state index in [1.54, 1.807) is 0 Å². The fraction of sp³-hybridized carbons (Fsp3) is 0.700. The topological polar surface area (TPSA) is 32.3 Å². The lowest BCUT2D eigenvalue weighted by atomic mass is 10.1. The van der Waals surface area contributed by atoms with Crippen LogP contribution in [-0.2, 0) is 4.79 Å². The molecule has 0 unspecified atom stereocenters. The van der Waals surface area contributed by atoms with Crippen molar-refractivity contribution in [2.45, 2.75) is 20.3 Å². The molecule has 3 nitrogen and oxygen atoms in total. The van der Waals surface area contributed by atoms with Crippen LogP contribution in [0.1, 0.15) is 20.3 Å². The minimum atomic E-state index is 0.217. The molecule has 1 aliphatic rings. The van der Waals surface area contributed by atoms with Crippen LogP contribution in [0.2, 0.25) is 0 Å². The summed E-state index contributed by atoms with van der Waals surface area (Å²) in [7, 11) is 0. The number of nitrogens with one attached hydrogen (secondary N) is 1. The Hall–Kier alpha value is -0.830. The number of carbonyl (C=O) groups excluding carboxylic acids is 1. The van der Waals surface area contributed by atoms with Gasteiger partial charge in [0.05, 0.1) is 6.54 Å². The van der Waals surface area contributed by atoms with Crippen molar-refractivity contribution in [3.05, 3.63) is 11.6 Å². The number of hydrogen-bond acceptors (Lipinski definition) is 2. The molecule has 0 fully saturated rings. The lowest BCUT2D eigenvalue weighted by molar-refractivity contribution is -0.130. The SMILES string of the molecule is CCNCC(=O)N1CCC=C(C)C1. The highest BCUT2D eigenvalue weighted by molar-refractivity contribution is 5.78. The van der Waals surface area contributed by atoms with E-state index < -0.39 is 0 Å². The zero-order valence-corrected chi connectivity index (χ0v) is 8.47. The summed E-state index contributed by atoms with van der Waals surface area (Å²) in [5.74, 6) is 0.217. The Kier molecular flexibility index (Phi) is 3.96. The molecule has 1 aliphatic heterocycles. The summed E-state index contributed by atoms with van der Waals surface area (Å²) in [5, 5.41) is 3.05. The molecule has 1 heterocycles. The van der Waals surface area contributed by atoms with Gasteiger partial charge in [-0.15, -0.1) is 0 Å². The molecule has 0 spiro atoms. The first-order valence-corrected chi connectivity index (χ1v) is 4.88. The minimum Gasteiger partial charge on any atom is -0.337 e. The van der Waals surface area contributed by atoms with Crippen molar-refractivity contribution < 1.29 is 4.79 Å². The van der Waals surface area contributed by atoms with Gasteiger partial charge in [0.2, 0.25) is 5.91 Å². The summed E-state index contributed by atoms with van der Waals surface area (Å²) in [6.45, 7) is 7.10. The van der Waals surface area contributed by atoms with E-state index in [9.17, 15) is 4.79 Å². The van der Waals surface area contributed by atoms with Crippen LogP contribution >= 0.6 is 0 Å². The van der Waals surface area contributed by atoms with Crippen molar-refractivity contribution in [1.29, 1.82) is 0 Å². The number of amides is 1. The van der Waals surface area contributed by atoms with Gasteiger partial charge in [-0.3, -0.25) is 4.79 Å². The van der Waals surface area contributed by atoms with Crippen molar-refractivity contribution in [2.75, 3.05) is 26.2 Å². The number of likely N-dealkylation sites (N-methyl/N-ethyl adjacent to an activating group) is 1. The summed E-state index contributed by atoms with van der Waals surface area (Å²) in [6.07, 6.45) is 3.21. The lowest BCUT2D eigenvalue weighted by Crippen LogP contribution is -2.40. The molecule has 0 aromatic carbocycles. The summed E-state index contributed by atoms with van der Waals surface area (Å²) in [5.41, 5.74) is 1.30. The van der Waals surface area contributed by atoms with Crippen LogP contribution in [0.3, 0.4) is 0 Å². The van der Waals surface area contributed by atoms with Gasteiger partial charge in [0.15, 0.2) is 0 Å². The third-order valence-corrected chi connectivity index (χ3v) is 2.21. The predicted octanol–water partition coefficient (Wildman–Crippen LogP) is 0.774. The van der Waals surface area contributed by atoms with E-state index in [0.717, 1.165) is 26.1 Å². The largest absolute Gasteiger partial charge is 0.337 e. The molecule has 0 aliphatic carbocycles. The maximum absolute atomic E-state index is 11.5. The Morgan fingerprint density at radius 2 is 2.46 bits per heavy atom. The molecule has 0 aromatic rings. The zero-order chi connectivity index (χ0) is 9.68. The molecule has 3 heteroatoms. The van der Waals surface area contributed by atoms with Crippen LogP contribution in [0.5, 0.6) is 0 Å². The van der Waals surface area contributed by atoms with E-state index >= 15 is 0 Å². The molecule has 0 saturated heterocycles. The van der Waals surface area contributed by atoms with Crippen molar-refractivity contribution in [3.8, 4) is 0 Å². The molecular weight excluding hydrogens is 164 g/mol. The minimum absolute atomic E-state index is 0.217. The molecule has 0 radical (unpaired) electrons. The molecule has 1 amide bonds. The number of nitrogens with zero attached hydrogens (tertiary/aromatic N) is 1. The summed E-state index contributed by atoms with van der Waals surface area (Å²) in [6, 6.07) is 0. The van der Waals surface area contributed by atoms with Crippen molar-refractivity contribution in [3.63, 3.8) is 0 Å². The van der Waals surface area contributed by atoms with Gasteiger partial charge in [-0.2, -0.15) is 0 Å². The maximum atomic E-state index is 11.5. The molecular formula is C10H18N2O. The van der Waals surface area contributed by atoms with Gasteiger partial charge < -0.3 is 10.2 Å². The molecule has 74 valence electrons. The van der Waals surface area contributed by atoms with Gasteiger partial charge in [-0.25, -0.2) is 0 Å². The van der Waals surface area contributed by atoms with Gasteiger partial charge in [0.25, 0.3) is 0 Å². The molecule has 1 N–H and O–H groups in total. The van der Waals surface area contributed by atoms with Crippen LogP contribution in [0.4, 0.5) is 0 Å². The van der Waals surface area contributed by atoms with Gasteiger partial charge in [0, 0.05) is 13.1 Å². The third kappa shape index (κ3) is 3.19. The average Bonchev–Trinajstić information content (AvgIpc) is 2.14. The standard InChI is InChI=1S/C10H18N2O/c1-3-11-7-10(13)12-6-4-5-9(2)8-12/h5,11H,3-4,6-8H2,1-2H3. The van der Waals surface area contributed by atoms with E-state index in [0.29, 0.717) is 6.54 Å². The van der Waals surface area contributed by atoms with Gasteiger partial charge in [-0.1, -0.05) is 18.6 Å². The fourth-order valence-corrected chi connectivity index (χ4v) is 1.47. The Morgan fingerprint density at radius 1 is 1.69 bits per heavy atom. The van der Waals surface area contributed by atoms with Crippen LogP contribution in [0, 0.1) is 0 Å². The third-order valence-electron chi connectivity index (χ3n) is 2.21. The second-order valence-electron chi connectivity index (χ2n) is 3.43. The van der Waals surface area contributed by atoms with E-state index in [2.05, 4.69) is 18.3 Å². The zero-order valence-electron chi connectivity index (χ0n) is 8.47. The first kappa shape index (κ1) is 10.3. The number of hydrogen-bond donors (Lipinski definition) is 1. The molecule has 0 saturated carbocycles. The van der Waals surface area contributed by atoms with Gasteiger partial charge >= 0.3 is 0 Å². The second kappa shape index (κ2) is 5.02. The van der Waals surface area contributed by atoms with Crippen molar-refractivity contribution >= 4 is 5.91 Å². The molecule has 0 atom stereocenters. The smallest absolute Gasteiger partial charge is 0.236 e. The second-order valence-corrected chi connectivity index (χ2v) is 3.43. The Labute approximate surface area is 79.8 Å². The predicted molar refractivity (Wildman–Crippen MR) is 53.5 cm³/mol. The monoisotopic (exact) mass is 182 g/mol.